The lowest BCUT2D eigenvalue weighted by atomic mass is 10.1. The normalized spacial score (nSPS) is 21.7. The standard InChI is InChI=1S/C15H21NO4S/c1-9(2)16(8-11-5-4-10(3)21-11)14(17)12-6-7-13(20-12)15(18)19/h4-5,9,12-13H,6-8H2,1-3H3,(H,18,19)/t12-,13+/m0/s1. The van der Waals surface area contributed by atoms with Crippen LogP contribution in [0, 0.1) is 6.92 Å². The van der Waals surface area contributed by atoms with E-state index in [0.717, 1.165) is 4.88 Å². The highest BCUT2D eigenvalue weighted by Crippen LogP contribution is 2.24. The maximum absolute atomic E-state index is 12.6. The second-order valence-corrected chi connectivity index (χ2v) is 6.97. The fourth-order valence-corrected chi connectivity index (χ4v) is 3.33. The topological polar surface area (TPSA) is 66.8 Å². The summed E-state index contributed by atoms with van der Waals surface area (Å²) in [6, 6.07) is 4.11. The summed E-state index contributed by atoms with van der Waals surface area (Å²) < 4.78 is 5.37. The minimum atomic E-state index is -0.990. The third-order valence-corrected chi connectivity index (χ3v) is 4.58. The molecular weight excluding hydrogens is 290 g/mol. The van der Waals surface area contributed by atoms with E-state index in [-0.39, 0.29) is 11.9 Å². The van der Waals surface area contributed by atoms with Crippen LogP contribution in [0.25, 0.3) is 0 Å². The minimum Gasteiger partial charge on any atom is -0.479 e. The molecule has 1 fully saturated rings. The highest BCUT2D eigenvalue weighted by molar-refractivity contribution is 7.11. The number of carbonyl (C=O) groups is 2. The molecule has 0 aromatic carbocycles. The van der Waals surface area contributed by atoms with Crippen LogP contribution in [-0.2, 0) is 20.9 Å². The van der Waals surface area contributed by atoms with Gasteiger partial charge in [-0.3, -0.25) is 4.79 Å². The van der Waals surface area contributed by atoms with Gasteiger partial charge in [0.05, 0.1) is 6.54 Å². The van der Waals surface area contributed by atoms with Gasteiger partial charge in [-0.15, -0.1) is 11.3 Å². The molecule has 116 valence electrons. The van der Waals surface area contributed by atoms with E-state index in [1.54, 1.807) is 16.2 Å². The Morgan fingerprint density at radius 3 is 2.52 bits per heavy atom. The predicted octanol–water partition coefficient (Wildman–Crippen LogP) is 2.43. The first-order valence-electron chi connectivity index (χ1n) is 7.12. The average Bonchev–Trinajstić information content (AvgIpc) is 3.03. The van der Waals surface area contributed by atoms with E-state index in [9.17, 15) is 9.59 Å². The molecule has 1 amide bonds. The van der Waals surface area contributed by atoms with Crippen molar-refractivity contribution in [3.63, 3.8) is 0 Å². The predicted molar refractivity (Wildman–Crippen MR) is 80.3 cm³/mol. The number of amides is 1. The van der Waals surface area contributed by atoms with Crippen LogP contribution in [0.5, 0.6) is 0 Å². The van der Waals surface area contributed by atoms with Crippen molar-refractivity contribution >= 4 is 23.2 Å². The van der Waals surface area contributed by atoms with Gasteiger partial charge in [0.2, 0.25) is 0 Å². The Bertz CT molecular complexity index is 525. The van der Waals surface area contributed by atoms with Crippen molar-refractivity contribution in [3.8, 4) is 0 Å². The SMILES string of the molecule is Cc1ccc(CN(C(=O)[C@@H]2CC[C@H](C(=O)O)O2)C(C)C)s1. The number of ether oxygens (including phenoxy) is 1. The van der Waals surface area contributed by atoms with Crippen molar-refractivity contribution in [2.75, 3.05) is 0 Å². The minimum absolute atomic E-state index is 0.0485. The maximum atomic E-state index is 12.6. The highest BCUT2D eigenvalue weighted by atomic mass is 32.1. The molecule has 0 unspecified atom stereocenters. The van der Waals surface area contributed by atoms with Gasteiger partial charge >= 0.3 is 5.97 Å². The first kappa shape index (κ1) is 16.0. The molecule has 1 N–H and O–H groups in total. The number of hydrogen-bond acceptors (Lipinski definition) is 4. The van der Waals surface area contributed by atoms with Gasteiger partial charge in [0, 0.05) is 15.8 Å². The summed E-state index contributed by atoms with van der Waals surface area (Å²) in [6.07, 6.45) is -0.607. The monoisotopic (exact) mass is 311 g/mol. The molecule has 0 saturated carbocycles. The Kier molecular flexibility index (Phi) is 5.00. The molecule has 2 rings (SSSR count). The zero-order valence-corrected chi connectivity index (χ0v) is 13.4. The van der Waals surface area contributed by atoms with Gasteiger partial charge in [-0.25, -0.2) is 4.79 Å². The summed E-state index contributed by atoms with van der Waals surface area (Å²) in [6.45, 7) is 6.50. The van der Waals surface area contributed by atoms with Gasteiger partial charge < -0.3 is 14.7 Å². The molecule has 1 aromatic heterocycles. The number of carbonyl (C=O) groups excluding carboxylic acids is 1. The Balaban J connectivity index is 2.04. The van der Waals surface area contributed by atoms with E-state index in [4.69, 9.17) is 9.84 Å². The molecule has 0 aliphatic carbocycles. The fraction of sp³-hybridized carbons (Fsp3) is 0.600. The lowest BCUT2D eigenvalue weighted by Crippen LogP contribution is -2.43. The van der Waals surface area contributed by atoms with Gasteiger partial charge in [-0.2, -0.15) is 0 Å². The molecule has 0 bridgehead atoms. The van der Waals surface area contributed by atoms with Crippen LogP contribution in [0.3, 0.4) is 0 Å². The molecule has 1 aliphatic rings. The van der Waals surface area contributed by atoms with E-state index in [1.165, 1.54) is 4.88 Å². The number of thiophene rings is 1. The summed E-state index contributed by atoms with van der Waals surface area (Å²) in [5.74, 6) is -1.10. The van der Waals surface area contributed by atoms with Crippen LogP contribution in [-0.4, -0.2) is 40.1 Å². The number of aryl methyl sites for hydroxylation is 1. The Morgan fingerprint density at radius 1 is 1.38 bits per heavy atom. The number of nitrogens with zero attached hydrogens (tertiary/aromatic N) is 1. The molecule has 0 spiro atoms. The van der Waals surface area contributed by atoms with Gasteiger partial charge in [-0.1, -0.05) is 0 Å². The van der Waals surface area contributed by atoms with Crippen LogP contribution in [0.4, 0.5) is 0 Å². The summed E-state index contributed by atoms with van der Waals surface area (Å²) in [5.41, 5.74) is 0. The number of carboxylic acid groups (broad SMARTS) is 1. The number of carboxylic acids is 1. The summed E-state index contributed by atoms with van der Waals surface area (Å²) in [4.78, 5) is 27.6. The number of hydrogen-bond donors (Lipinski definition) is 1. The zero-order valence-electron chi connectivity index (χ0n) is 12.5. The second-order valence-electron chi connectivity index (χ2n) is 5.60. The lowest BCUT2D eigenvalue weighted by molar-refractivity contribution is -0.155. The molecule has 6 heteroatoms. The molecule has 2 heterocycles. The first-order valence-corrected chi connectivity index (χ1v) is 7.94. The third kappa shape index (κ3) is 3.83. The van der Waals surface area contributed by atoms with Crippen molar-refractivity contribution in [1.29, 1.82) is 0 Å². The van der Waals surface area contributed by atoms with Crippen LogP contribution >= 0.6 is 11.3 Å². The van der Waals surface area contributed by atoms with Crippen LogP contribution < -0.4 is 0 Å². The molecule has 1 aromatic rings. The lowest BCUT2D eigenvalue weighted by Gasteiger charge is -2.28. The van der Waals surface area contributed by atoms with E-state index in [0.29, 0.717) is 19.4 Å². The Hall–Kier alpha value is -1.40. The quantitative estimate of drug-likeness (QED) is 0.907. The van der Waals surface area contributed by atoms with Crippen LogP contribution in [0.1, 0.15) is 36.4 Å². The van der Waals surface area contributed by atoms with Crippen molar-refractivity contribution in [3.05, 3.63) is 21.9 Å². The first-order chi connectivity index (χ1) is 9.88. The van der Waals surface area contributed by atoms with E-state index in [2.05, 4.69) is 0 Å². The van der Waals surface area contributed by atoms with Crippen molar-refractivity contribution in [1.82, 2.24) is 4.90 Å². The van der Waals surface area contributed by atoms with E-state index in [1.807, 2.05) is 32.9 Å². The summed E-state index contributed by atoms with van der Waals surface area (Å²) in [7, 11) is 0. The molecule has 21 heavy (non-hydrogen) atoms. The van der Waals surface area contributed by atoms with E-state index >= 15 is 0 Å². The largest absolute Gasteiger partial charge is 0.479 e. The van der Waals surface area contributed by atoms with E-state index < -0.39 is 18.2 Å². The molecular formula is C15H21NO4S. The number of aliphatic carboxylic acids is 1. The van der Waals surface area contributed by atoms with Gasteiger partial charge in [-0.05, 0) is 45.7 Å². The summed E-state index contributed by atoms with van der Waals surface area (Å²) in [5, 5.41) is 8.95. The molecule has 1 saturated heterocycles. The van der Waals surface area contributed by atoms with Crippen molar-refractivity contribution in [2.45, 2.75) is 58.4 Å². The Morgan fingerprint density at radius 2 is 2.05 bits per heavy atom. The second kappa shape index (κ2) is 6.58. The highest BCUT2D eigenvalue weighted by Gasteiger charge is 2.37. The Labute approximate surface area is 128 Å². The van der Waals surface area contributed by atoms with Crippen LogP contribution in [0.2, 0.25) is 0 Å². The number of rotatable bonds is 5. The maximum Gasteiger partial charge on any atom is 0.332 e. The summed E-state index contributed by atoms with van der Waals surface area (Å²) >= 11 is 1.67. The molecule has 5 nitrogen and oxygen atoms in total. The smallest absolute Gasteiger partial charge is 0.332 e. The fourth-order valence-electron chi connectivity index (χ4n) is 2.44. The molecule has 2 atom stereocenters. The average molecular weight is 311 g/mol. The third-order valence-electron chi connectivity index (χ3n) is 3.60. The van der Waals surface area contributed by atoms with Crippen LogP contribution in [0.15, 0.2) is 12.1 Å². The molecule has 1 aliphatic heterocycles. The van der Waals surface area contributed by atoms with Gasteiger partial charge in [0.25, 0.3) is 5.91 Å². The zero-order chi connectivity index (χ0) is 15.6. The van der Waals surface area contributed by atoms with Crippen molar-refractivity contribution in [2.24, 2.45) is 0 Å². The molecule has 0 radical (unpaired) electrons. The van der Waals surface area contributed by atoms with Crippen molar-refractivity contribution < 1.29 is 19.4 Å². The van der Waals surface area contributed by atoms with Gasteiger partial charge in [0.1, 0.15) is 6.10 Å². The van der Waals surface area contributed by atoms with Gasteiger partial charge in [0.15, 0.2) is 6.10 Å².